The summed E-state index contributed by atoms with van der Waals surface area (Å²) in [4.78, 5) is 15.1. The van der Waals surface area contributed by atoms with Gasteiger partial charge in [0, 0.05) is 12.2 Å². The zero-order valence-electron chi connectivity index (χ0n) is 17.9. The molecule has 0 fully saturated rings. The van der Waals surface area contributed by atoms with Gasteiger partial charge in [0.25, 0.3) is 0 Å². The van der Waals surface area contributed by atoms with Gasteiger partial charge in [-0.25, -0.2) is 0 Å². The number of aromatic nitrogens is 3. The predicted molar refractivity (Wildman–Crippen MR) is 126 cm³/mol. The lowest BCUT2D eigenvalue weighted by Crippen LogP contribution is -2.36. The van der Waals surface area contributed by atoms with Crippen molar-refractivity contribution in [2.75, 3.05) is 17.2 Å². The molecule has 32 heavy (non-hydrogen) atoms. The Bertz CT molecular complexity index is 1220. The van der Waals surface area contributed by atoms with Crippen molar-refractivity contribution >= 4 is 23.4 Å². The van der Waals surface area contributed by atoms with Gasteiger partial charge < -0.3 is 9.32 Å². The third-order valence-electron chi connectivity index (χ3n) is 5.62. The fourth-order valence-electron chi connectivity index (χ4n) is 4.08. The summed E-state index contributed by atoms with van der Waals surface area (Å²) in [7, 11) is 0. The molecule has 0 saturated heterocycles. The fourth-order valence-corrected chi connectivity index (χ4v) is 4.90. The molecule has 1 aliphatic heterocycles. The number of amides is 1. The van der Waals surface area contributed by atoms with Crippen LogP contribution < -0.4 is 4.90 Å². The van der Waals surface area contributed by atoms with Crippen LogP contribution in [0.15, 0.2) is 76.5 Å². The maximum absolute atomic E-state index is 13.2. The topological polar surface area (TPSA) is 64.2 Å². The molecule has 0 unspecified atom stereocenters. The first-order chi connectivity index (χ1) is 15.7. The van der Waals surface area contributed by atoms with E-state index in [-0.39, 0.29) is 5.91 Å². The highest BCUT2D eigenvalue weighted by Crippen LogP contribution is 2.30. The Hall–Kier alpha value is -3.32. The van der Waals surface area contributed by atoms with Crippen molar-refractivity contribution in [2.24, 2.45) is 0 Å². The summed E-state index contributed by atoms with van der Waals surface area (Å²) in [6, 6.07) is 20.2. The van der Waals surface area contributed by atoms with Crippen LogP contribution in [0, 0.1) is 6.92 Å². The molecule has 1 amide bonds. The van der Waals surface area contributed by atoms with Crippen molar-refractivity contribution in [3.63, 3.8) is 0 Å². The molecule has 3 heterocycles. The highest BCUT2D eigenvalue weighted by atomic mass is 32.2. The van der Waals surface area contributed by atoms with E-state index in [4.69, 9.17) is 4.42 Å². The average molecular weight is 445 g/mol. The standard InChI is InChI=1S/C25H24N4O2S/c1-18-11-12-21-20(15-18)9-5-13-28(21)23(30)17-32-25-27-26-24(22-10-6-14-31-22)29(25)16-19-7-3-2-4-8-19/h2-4,6-8,10-12,14-15H,5,9,13,16-17H2,1H3. The number of hydrogen-bond acceptors (Lipinski definition) is 5. The zero-order chi connectivity index (χ0) is 21.9. The Morgan fingerprint density at radius 1 is 1.09 bits per heavy atom. The molecule has 1 aliphatic rings. The highest BCUT2D eigenvalue weighted by molar-refractivity contribution is 7.99. The number of anilines is 1. The number of thioether (sulfide) groups is 1. The van der Waals surface area contributed by atoms with Crippen LogP contribution in [0.5, 0.6) is 0 Å². The normalized spacial score (nSPS) is 13.2. The molecule has 7 heteroatoms. The van der Waals surface area contributed by atoms with Crippen molar-refractivity contribution in [1.29, 1.82) is 0 Å². The molecule has 2 aromatic carbocycles. The van der Waals surface area contributed by atoms with E-state index in [0.29, 0.717) is 29.0 Å². The van der Waals surface area contributed by atoms with Gasteiger partial charge in [-0.05, 0) is 49.1 Å². The molecule has 0 aliphatic carbocycles. The third kappa shape index (κ3) is 4.21. The maximum atomic E-state index is 13.2. The van der Waals surface area contributed by atoms with Gasteiger partial charge >= 0.3 is 0 Å². The largest absolute Gasteiger partial charge is 0.461 e. The van der Waals surface area contributed by atoms with Crippen LogP contribution in [-0.4, -0.2) is 33.0 Å². The van der Waals surface area contributed by atoms with E-state index in [1.807, 2.05) is 39.8 Å². The minimum Gasteiger partial charge on any atom is -0.461 e. The second-order valence-corrected chi connectivity index (χ2v) is 8.87. The number of rotatable bonds is 6. The summed E-state index contributed by atoms with van der Waals surface area (Å²) in [5, 5.41) is 9.45. The number of carbonyl (C=O) groups excluding carboxylic acids is 1. The smallest absolute Gasteiger partial charge is 0.237 e. The van der Waals surface area contributed by atoms with Crippen LogP contribution in [0.25, 0.3) is 11.6 Å². The van der Waals surface area contributed by atoms with Crippen molar-refractivity contribution in [2.45, 2.75) is 31.5 Å². The second-order valence-electron chi connectivity index (χ2n) is 7.92. The van der Waals surface area contributed by atoms with Gasteiger partial charge in [0.05, 0.1) is 18.6 Å². The lowest BCUT2D eigenvalue weighted by molar-refractivity contribution is -0.116. The Kier molecular flexibility index (Phi) is 5.81. The van der Waals surface area contributed by atoms with E-state index in [1.165, 1.54) is 22.9 Å². The fraction of sp³-hybridized carbons (Fsp3) is 0.240. The molecule has 0 atom stereocenters. The third-order valence-corrected chi connectivity index (χ3v) is 6.57. The number of hydrogen-bond donors (Lipinski definition) is 0. The number of nitrogens with zero attached hydrogens (tertiary/aromatic N) is 4. The summed E-state index contributed by atoms with van der Waals surface area (Å²) < 4.78 is 7.59. The van der Waals surface area contributed by atoms with E-state index in [1.54, 1.807) is 6.26 Å². The van der Waals surface area contributed by atoms with E-state index in [9.17, 15) is 4.79 Å². The van der Waals surface area contributed by atoms with Gasteiger partial charge in [-0.15, -0.1) is 10.2 Å². The van der Waals surface area contributed by atoms with E-state index in [2.05, 4.69) is 47.5 Å². The molecule has 2 aromatic heterocycles. The van der Waals surface area contributed by atoms with Gasteiger partial charge in [0.15, 0.2) is 10.9 Å². The Morgan fingerprint density at radius 3 is 2.78 bits per heavy atom. The summed E-state index contributed by atoms with van der Waals surface area (Å²) in [5.41, 5.74) is 4.65. The minimum atomic E-state index is 0.0913. The van der Waals surface area contributed by atoms with Gasteiger partial charge in [-0.1, -0.05) is 59.8 Å². The summed E-state index contributed by atoms with van der Waals surface area (Å²) in [5.74, 6) is 1.71. The van der Waals surface area contributed by atoms with Crippen LogP contribution in [0.1, 0.15) is 23.1 Å². The molecule has 0 saturated carbocycles. The van der Waals surface area contributed by atoms with Crippen LogP contribution in [0.3, 0.4) is 0 Å². The van der Waals surface area contributed by atoms with E-state index in [0.717, 1.165) is 30.6 Å². The summed E-state index contributed by atoms with van der Waals surface area (Å²) >= 11 is 1.42. The van der Waals surface area contributed by atoms with Crippen LogP contribution in [0.2, 0.25) is 0 Å². The van der Waals surface area contributed by atoms with Crippen LogP contribution >= 0.6 is 11.8 Å². The van der Waals surface area contributed by atoms with Gasteiger partial charge in [-0.3, -0.25) is 9.36 Å². The quantitative estimate of drug-likeness (QED) is 0.393. The number of furan rings is 1. The number of fused-ring (bicyclic) bond motifs is 1. The first-order valence-electron chi connectivity index (χ1n) is 10.7. The molecule has 0 N–H and O–H groups in total. The van der Waals surface area contributed by atoms with Crippen molar-refractivity contribution in [1.82, 2.24) is 14.8 Å². The Balaban J connectivity index is 1.37. The molecule has 162 valence electrons. The van der Waals surface area contributed by atoms with Crippen molar-refractivity contribution in [3.8, 4) is 11.6 Å². The first kappa shape index (κ1) is 20.6. The molecule has 0 bridgehead atoms. The summed E-state index contributed by atoms with van der Waals surface area (Å²) in [6.07, 6.45) is 3.63. The molecule has 0 spiro atoms. The van der Waals surface area contributed by atoms with Crippen molar-refractivity contribution in [3.05, 3.63) is 83.6 Å². The van der Waals surface area contributed by atoms with Crippen molar-refractivity contribution < 1.29 is 9.21 Å². The molecular formula is C25H24N4O2S. The van der Waals surface area contributed by atoms with E-state index < -0.39 is 0 Å². The SMILES string of the molecule is Cc1ccc2c(c1)CCCN2C(=O)CSc1nnc(-c2ccco2)n1Cc1ccccc1. The Labute approximate surface area is 191 Å². The lowest BCUT2D eigenvalue weighted by atomic mass is 10.00. The Morgan fingerprint density at radius 2 is 1.97 bits per heavy atom. The molecule has 5 rings (SSSR count). The number of carbonyl (C=O) groups is 1. The molecule has 6 nitrogen and oxygen atoms in total. The number of benzene rings is 2. The summed E-state index contributed by atoms with van der Waals surface area (Å²) in [6.45, 7) is 3.45. The zero-order valence-corrected chi connectivity index (χ0v) is 18.7. The molecule has 0 radical (unpaired) electrons. The monoisotopic (exact) mass is 444 g/mol. The van der Waals surface area contributed by atoms with Gasteiger partial charge in [0.2, 0.25) is 11.7 Å². The second kappa shape index (κ2) is 9.04. The first-order valence-corrected chi connectivity index (χ1v) is 11.7. The lowest BCUT2D eigenvalue weighted by Gasteiger charge is -2.29. The molecule has 4 aromatic rings. The van der Waals surface area contributed by atoms with Gasteiger partial charge in [0.1, 0.15) is 0 Å². The number of aryl methyl sites for hydroxylation is 2. The van der Waals surface area contributed by atoms with Crippen LogP contribution in [-0.2, 0) is 17.8 Å². The predicted octanol–water partition coefficient (Wildman–Crippen LogP) is 4.97. The highest BCUT2D eigenvalue weighted by Gasteiger charge is 2.24. The average Bonchev–Trinajstić information content (AvgIpc) is 3.47. The molecular weight excluding hydrogens is 420 g/mol. The van der Waals surface area contributed by atoms with Gasteiger partial charge in [-0.2, -0.15) is 0 Å². The van der Waals surface area contributed by atoms with Crippen LogP contribution in [0.4, 0.5) is 5.69 Å². The van der Waals surface area contributed by atoms with E-state index >= 15 is 0 Å². The minimum absolute atomic E-state index is 0.0913. The maximum Gasteiger partial charge on any atom is 0.237 e.